The van der Waals surface area contributed by atoms with E-state index in [1.54, 1.807) is 7.11 Å². The number of hydrogen-bond acceptors (Lipinski definition) is 2. The van der Waals surface area contributed by atoms with Gasteiger partial charge in [0.1, 0.15) is 5.75 Å². The van der Waals surface area contributed by atoms with E-state index in [4.69, 9.17) is 10.5 Å². The summed E-state index contributed by atoms with van der Waals surface area (Å²) >= 11 is 0. The number of benzene rings is 1. The summed E-state index contributed by atoms with van der Waals surface area (Å²) in [6.07, 6.45) is 2.47. The van der Waals surface area contributed by atoms with Gasteiger partial charge in [0.2, 0.25) is 0 Å². The Kier molecular flexibility index (Phi) is 2.96. The number of nitrogens with two attached hydrogens (primary N) is 1. The lowest BCUT2D eigenvalue weighted by molar-refractivity contribution is 0.411. The zero-order chi connectivity index (χ0) is 10.8. The minimum absolute atomic E-state index is 0.748. The molecule has 0 aliphatic heterocycles. The molecule has 2 nitrogen and oxygen atoms in total. The third-order valence-electron chi connectivity index (χ3n) is 3.31. The number of ether oxygens (including phenoxy) is 1. The van der Waals surface area contributed by atoms with Crippen molar-refractivity contribution < 1.29 is 4.74 Å². The van der Waals surface area contributed by atoms with Crippen LogP contribution in [-0.2, 0) is 0 Å². The second-order valence-corrected chi connectivity index (χ2v) is 4.41. The van der Waals surface area contributed by atoms with Crippen LogP contribution in [0.3, 0.4) is 0 Å². The zero-order valence-corrected chi connectivity index (χ0v) is 9.49. The fourth-order valence-electron chi connectivity index (χ4n) is 2.32. The van der Waals surface area contributed by atoms with Crippen molar-refractivity contribution in [3.8, 4) is 5.75 Å². The molecule has 0 spiro atoms. The Labute approximate surface area is 91.4 Å². The van der Waals surface area contributed by atoms with Crippen molar-refractivity contribution in [2.24, 2.45) is 11.7 Å². The van der Waals surface area contributed by atoms with Crippen LogP contribution in [-0.4, -0.2) is 13.7 Å². The largest absolute Gasteiger partial charge is 0.496 e. The third-order valence-corrected chi connectivity index (χ3v) is 3.31. The van der Waals surface area contributed by atoms with Gasteiger partial charge in [-0.15, -0.1) is 0 Å². The summed E-state index contributed by atoms with van der Waals surface area (Å²) < 4.78 is 5.25. The van der Waals surface area contributed by atoms with Gasteiger partial charge in [0.25, 0.3) is 0 Å². The molecule has 0 aromatic heterocycles. The minimum atomic E-state index is 0.748. The van der Waals surface area contributed by atoms with Crippen molar-refractivity contribution in [3.05, 3.63) is 29.3 Å². The second-order valence-electron chi connectivity index (χ2n) is 4.41. The number of hydrogen-bond donors (Lipinski definition) is 1. The summed E-state index contributed by atoms with van der Waals surface area (Å²) in [5, 5.41) is 0. The Balaban J connectivity index is 2.08. The van der Waals surface area contributed by atoms with Crippen molar-refractivity contribution >= 4 is 0 Å². The smallest absolute Gasteiger partial charge is 0.121 e. The van der Waals surface area contributed by atoms with Crippen LogP contribution in [0.1, 0.15) is 29.9 Å². The van der Waals surface area contributed by atoms with Crippen molar-refractivity contribution in [1.29, 1.82) is 0 Å². The summed E-state index contributed by atoms with van der Waals surface area (Å²) in [4.78, 5) is 0. The first-order chi connectivity index (χ1) is 7.26. The molecule has 0 amide bonds. The van der Waals surface area contributed by atoms with E-state index in [1.807, 2.05) is 0 Å². The Bertz CT molecular complexity index is 348. The highest BCUT2D eigenvalue weighted by molar-refractivity contribution is 5.39. The molecule has 15 heavy (non-hydrogen) atoms. The standard InChI is InChI=1S/C13H19NO/c1-9-7-10(3-4-13(9)15-2)12-8-11(12)5-6-14/h3-4,7,11-12H,5-6,8,14H2,1-2H3/t11-,12?/m0/s1. The van der Waals surface area contributed by atoms with Gasteiger partial charge in [0, 0.05) is 0 Å². The van der Waals surface area contributed by atoms with E-state index in [1.165, 1.54) is 17.5 Å². The second kappa shape index (κ2) is 4.23. The molecule has 2 heteroatoms. The van der Waals surface area contributed by atoms with Gasteiger partial charge in [-0.2, -0.15) is 0 Å². The summed E-state index contributed by atoms with van der Waals surface area (Å²) in [6, 6.07) is 6.51. The molecule has 1 aliphatic rings. The van der Waals surface area contributed by atoms with Crippen LogP contribution in [0, 0.1) is 12.8 Å². The molecule has 0 radical (unpaired) electrons. The molecule has 0 bridgehead atoms. The van der Waals surface area contributed by atoms with E-state index in [9.17, 15) is 0 Å². The predicted molar refractivity (Wildman–Crippen MR) is 62.3 cm³/mol. The van der Waals surface area contributed by atoms with E-state index in [-0.39, 0.29) is 0 Å². The first-order valence-corrected chi connectivity index (χ1v) is 5.61. The van der Waals surface area contributed by atoms with Crippen LogP contribution in [0.5, 0.6) is 5.75 Å². The molecule has 0 saturated heterocycles. The number of aryl methyl sites for hydroxylation is 1. The van der Waals surface area contributed by atoms with Gasteiger partial charge in [-0.05, 0) is 55.3 Å². The van der Waals surface area contributed by atoms with Crippen LogP contribution in [0.2, 0.25) is 0 Å². The fraction of sp³-hybridized carbons (Fsp3) is 0.538. The van der Waals surface area contributed by atoms with Gasteiger partial charge < -0.3 is 10.5 Å². The van der Waals surface area contributed by atoms with Gasteiger partial charge in [-0.1, -0.05) is 12.1 Å². The molecule has 1 aromatic carbocycles. The maximum absolute atomic E-state index is 5.57. The van der Waals surface area contributed by atoms with Gasteiger partial charge in [-0.3, -0.25) is 0 Å². The normalized spacial score (nSPS) is 23.9. The minimum Gasteiger partial charge on any atom is -0.496 e. The van der Waals surface area contributed by atoms with Gasteiger partial charge in [-0.25, -0.2) is 0 Å². The summed E-state index contributed by atoms with van der Waals surface area (Å²) in [5.41, 5.74) is 8.25. The highest BCUT2D eigenvalue weighted by Crippen LogP contribution is 2.49. The average Bonchev–Trinajstić information content (AvgIpc) is 2.98. The monoisotopic (exact) mass is 205 g/mol. The molecule has 1 unspecified atom stereocenters. The molecule has 2 rings (SSSR count). The van der Waals surface area contributed by atoms with Gasteiger partial charge >= 0.3 is 0 Å². The van der Waals surface area contributed by atoms with E-state index in [0.717, 1.165) is 30.6 Å². The first kappa shape index (κ1) is 10.5. The van der Waals surface area contributed by atoms with Crippen LogP contribution < -0.4 is 10.5 Å². The van der Waals surface area contributed by atoms with Crippen LogP contribution in [0.25, 0.3) is 0 Å². The summed E-state index contributed by atoms with van der Waals surface area (Å²) in [5.74, 6) is 2.55. The summed E-state index contributed by atoms with van der Waals surface area (Å²) in [7, 11) is 1.72. The molecular formula is C13H19NO. The van der Waals surface area contributed by atoms with E-state index in [0.29, 0.717) is 0 Å². The van der Waals surface area contributed by atoms with Gasteiger partial charge in [0.15, 0.2) is 0 Å². The van der Waals surface area contributed by atoms with Crippen molar-refractivity contribution in [1.82, 2.24) is 0 Å². The third kappa shape index (κ3) is 2.15. The van der Waals surface area contributed by atoms with Crippen LogP contribution in [0.15, 0.2) is 18.2 Å². The quantitative estimate of drug-likeness (QED) is 0.819. The lowest BCUT2D eigenvalue weighted by Gasteiger charge is -2.07. The lowest BCUT2D eigenvalue weighted by Crippen LogP contribution is -2.00. The topological polar surface area (TPSA) is 35.2 Å². The number of rotatable bonds is 4. The van der Waals surface area contributed by atoms with E-state index >= 15 is 0 Å². The Morgan fingerprint density at radius 2 is 2.27 bits per heavy atom. The maximum Gasteiger partial charge on any atom is 0.121 e. The van der Waals surface area contributed by atoms with Crippen LogP contribution in [0.4, 0.5) is 0 Å². The molecular weight excluding hydrogens is 186 g/mol. The Morgan fingerprint density at radius 1 is 1.47 bits per heavy atom. The Hall–Kier alpha value is -1.02. The molecule has 0 heterocycles. The molecule has 2 N–H and O–H groups in total. The molecule has 1 aliphatic carbocycles. The lowest BCUT2D eigenvalue weighted by atomic mass is 10.0. The van der Waals surface area contributed by atoms with E-state index in [2.05, 4.69) is 25.1 Å². The van der Waals surface area contributed by atoms with E-state index < -0.39 is 0 Å². The van der Waals surface area contributed by atoms with Gasteiger partial charge in [0.05, 0.1) is 7.11 Å². The summed E-state index contributed by atoms with van der Waals surface area (Å²) in [6.45, 7) is 2.92. The number of methoxy groups -OCH3 is 1. The highest BCUT2D eigenvalue weighted by atomic mass is 16.5. The van der Waals surface area contributed by atoms with Crippen molar-refractivity contribution in [2.75, 3.05) is 13.7 Å². The predicted octanol–water partition coefficient (Wildman–Crippen LogP) is 2.46. The zero-order valence-electron chi connectivity index (χ0n) is 9.49. The molecule has 1 fully saturated rings. The van der Waals surface area contributed by atoms with Crippen molar-refractivity contribution in [2.45, 2.75) is 25.7 Å². The fourth-order valence-corrected chi connectivity index (χ4v) is 2.32. The highest BCUT2D eigenvalue weighted by Gasteiger charge is 2.37. The molecule has 1 aromatic rings. The van der Waals surface area contributed by atoms with Crippen LogP contribution >= 0.6 is 0 Å². The maximum atomic E-state index is 5.57. The average molecular weight is 205 g/mol. The van der Waals surface area contributed by atoms with Crippen molar-refractivity contribution in [3.63, 3.8) is 0 Å². The molecule has 1 saturated carbocycles. The first-order valence-electron chi connectivity index (χ1n) is 5.61. The molecule has 82 valence electrons. The SMILES string of the molecule is COc1ccc(C2C[C@@H]2CCN)cc1C. The Morgan fingerprint density at radius 3 is 2.87 bits per heavy atom. The molecule has 2 atom stereocenters.